The summed E-state index contributed by atoms with van der Waals surface area (Å²) in [5.74, 6) is -0.842. The van der Waals surface area contributed by atoms with Gasteiger partial charge in [0.15, 0.2) is 5.76 Å². The summed E-state index contributed by atoms with van der Waals surface area (Å²) in [7, 11) is 0. The van der Waals surface area contributed by atoms with Gasteiger partial charge in [0.1, 0.15) is 0 Å². The van der Waals surface area contributed by atoms with E-state index in [2.05, 4.69) is 10.6 Å². The van der Waals surface area contributed by atoms with Crippen molar-refractivity contribution in [1.29, 1.82) is 0 Å². The van der Waals surface area contributed by atoms with Crippen molar-refractivity contribution >= 4 is 11.8 Å². The van der Waals surface area contributed by atoms with Crippen molar-refractivity contribution in [1.82, 2.24) is 15.5 Å². The maximum Gasteiger partial charge on any atom is 0.293 e. The second kappa shape index (κ2) is 7.92. The monoisotopic (exact) mass is 295 g/mol. The number of rotatable bonds is 7. The van der Waals surface area contributed by atoms with Crippen LogP contribution in [-0.2, 0) is 4.79 Å². The number of nitrogens with one attached hydrogen (secondary N) is 2. The molecule has 1 saturated heterocycles. The molecule has 0 aromatic carbocycles. The number of imide groups is 1. The molecule has 0 spiro atoms. The number of aliphatic hydroxyl groups excluding tert-OH is 1. The maximum atomic E-state index is 11.9. The third-order valence-corrected chi connectivity index (χ3v) is 3.42. The molecule has 0 aliphatic carbocycles. The number of hydrogen-bond acceptors (Lipinski definition) is 6. The van der Waals surface area contributed by atoms with Crippen molar-refractivity contribution in [3.63, 3.8) is 0 Å². The average Bonchev–Trinajstić information content (AvgIpc) is 3.11. The summed E-state index contributed by atoms with van der Waals surface area (Å²) in [4.78, 5) is 25.4. The van der Waals surface area contributed by atoms with Gasteiger partial charge in [0.2, 0.25) is 5.91 Å². The lowest BCUT2D eigenvalue weighted by Gasteiger charge is -2.24. The van der Waals surface area contributed by atoms with Crippen LogP contribution in [0.5, 0.6) is 0 Å². The highest BCUT2D eigenvalue weighted by Crippen LogP contribution is 2.07. The fourth-order valence-electron chi connectivity index (χ4n) is 2.44. The zero-order valence-corrected chi connectivity index (χ0v) is 11.9. The first kappa shape index (κ1) is 15.7. The van der Waals surface area contributed by atoms with Gasteiger partial charge in [0, 0.05) is 19.1 Å². The third-order valence-electron chi connectivity index (χ3n) is 3.42. The van der Waals surface area contributed by atoms with Gasteiger partial charge >= 0.3 is 0 Å². The molecule has 1 fully saturated rings. The lowest BCUT2D eigenvalue weighted by molar-refractivity contribution is -0.121. The molecule has 1 unspecified atom stereocenters. The van der Waals surface area contributed by atoms with Crippen LogP contribution in [0.2, 0.25) is 0 Å². The Morgan fingerprint density at radius 2 is 2.38 bits per heavy atom. The SMILES string of the molecule is O=C(CN(CCO)CC1CCCN1)NC(=O)c1ccco1. The van der Waals surface area contributed by atoms with Crippen LogP contribution in [-0.4, -0.2) is 60.6 Å². The molecule has 7 nitrogen and oxygen atoms in total. The van der Waals surface area contributed by atoms with E-state index in [-0.39, 0.29) is 18.9 Å². The molecule has 1 aliphatic heterocycles. The first-order valence-corrected chi connectivity index (χ1v) is 7.13. The van der Waals surface area contributed by atoms with E-state index in [0.717, 1.165) is 19.4 Å². The van der Waals surface area contributed by atoms with Crippen molar-refractivity contribution in [2.75, 3.05) is 32.8 Å². The number of carbonyl (C=O) groups excluding carboxylic acids is 2. The molecule has 1 aromatic rings. The van der Waals surface area contributed by atoms with Crippen LogP contribution >= 0.6 is 0 Å². The van der Waals surface area contributed by atoms with Crippen LogP contribution in [0.3, 0.4) is 0 Å². The molecule has 1 aliphatic rings. The standard InChI is InChI=1S/C14H21N3O4/c18-7-6-17(9-11-3-1-5-15-11)10-13(19)16-14(20)12-4-2-8-21-12/h2,4,8,11,15,18H,1,3,5-7,9-10H2,(H,16,19,20). The molecule has 1 aromatic heterocycles. The number of nitrogens with zero attached hydrogens (tertiary/aromatic N) is 1. The van der Waals surface area contributed by atoms with Crippen LogP contribution in [0.15, 0.2) is 22.8 Å². The van der Waals surface area contributed by atoms with Gasteiger partial charge in [-0.05, 0) is 31.5 Å². The summed E-state index contributed by atoms with van der Waals surface area (Å²) in [6.07, 6.45) is 3.57. The van der Waals surface area contributed by atoms with Crippen molar-refractivity contribution in [2.24, 2.45) is 0 Å². The Morgan fingerprint density at radius 1 is 1.52 bits per heavy atom. The predicted molar refractivity (Wildman–Crippen MR) is 75.7 cm³/mol. The van der Waals surface area contributed by atoms with E-state index in [9.17, 15) is 9.59 Å². The smallest absolute Gasteiger partial charge is 0.293 e. The molecular formula is C14H21N3O4. The molecule has 1 atom stereocenters. The summed E-state index contributed by atoms with van der Waals surface area (Å²) in [5.41, 5.74) is 0. The molecule has 0 radical (unpaired) electrons. The van der Waals surface area contributed by atoms with Crippen LogP contribution in [0.1, 0.15) is 23.4 Å². The summed E-state index contributed by atoms with van der Waals surface area (Å²) < 4.78 is 4.93. The highest BCUT2D eigenvalue weighted by Gasteiger charge is 2.20. The van der Waals surface area contributed by atoms with E-state index in [1.807, 2.05) is 4.90 Å². The maximum absolute atomic E-state index is 11.9. The van der Waals surface area contributed by atoms with Crippen LogP contribution in [0.25, 0.3) is 0 Å². The molecule has 7 heteroatoms. The number of amides is 2. The zero-order valence-electron chi connectivity index (χ0n) is 11.9. The minimum absolute atomic E-state index is 0.0217. The minimum Gasteiger partial charge on any atom is -0.459 e. The van der Waals surface area contributed by atoms with Crippen LogP contribution < -0.4 is 10.6 Å². The Morgan fingerprint density at radius 3 is 3.00 bits per heavy atom. The van der Waals surface area contributed by atoms with Crippen molar-refractivity contribution in [3.05, 3.63) is 24.2 Å². The largest absolute Gasteiger partial charge is 0.459 e. The van der Waals surface area contributed by atoms with Crippen molar-refractivity contribution in [3.8, 4) is 0 Å². The van der Waals surface area contributed by atoms with Gasteiger partial charge in [0.25, 0.3) is 5.91 Å². The predicted octanol–water partition coefficient (Wildman–Crippen LogP) is -0.418. The van der Waals surface area contributed by atoms with Crippen molar-refractivity contribution in [2.45, 2.75) is 18.9 Å². The number of carbonyl (C=O) groups is 2. The molecule has 2 heterocycles. The minimum atomic E-state index is -0.548. The van der Waals surface area contributed by atoms with E-state index >= 15 is 0 Å². The molecular weight excluding hydrogens is 274 g/mol. The summed E-state index contributed by atoms with van der Waals surface area (Å²) in [6.45, 7) is 2.13. The second-order valence-electron chi connectivity index (χ2n) is 5.11. The lowest BCUT2D eigenvalue weighted by Crippen LogP contribution is -2.45. The fourth-order valence-corrected chi connectivity index (χ4v) is 2.44. The quantitative estimate of drug-likeness (QED) is 0.632. The van der Waals surface area contributed by atoms with Crippen molar-refractivity contribution < 1.29 is 19.1 Å². The average molecular weight is 295 g/mol. The second-order valence-corrected chi connectivity index (χ2v) is 5.11. The number of hydrogen-bond donors (Lipinski definition) is 3. The first-order valence-electron chi connectivity index (χ1n) is 7.13. The van der Waals surface area contributed by atoms with E-state index in [1.165, 1.54) is 12.3 Å². The van der Waals surface area contributed by atoms with Gasteiger partial charge in [-0.15, -0.1) is 0 Å². The summed E-state index contributed by atoms with van der Waals surface area (Å²) >= 11 is 0. The Balaban J connectivity index is 1.81. The Labute approximate surface area is 123 Å². The zero-order chi connectivity index (χ0) is 15.1. The first-order chi connectivity index (χ1) is 10.2. The molecule has 21 heavy (non-hydrogen) atoms. The number of aliphatic hydroxyl groups is 1. The van der Waals surface area contributed by atoms with Gasteiger partial charge in [0.05, 0.1) is 19.4 Å². The van der Waals surface area contributed by atoms with E-state index < -0.39 is 11.8 Å². The third kappa shape index (κ3) is 4.96. The van der Waals surface area contributed by atoms with Crippen LogP contribution in [0.4, 0.5) is 0 Å². The topological polar surface area (TPSA) is 94.8 Å². The molecule has 0 saturated carbocycles. The fraction of sp³-hybridized carbons (Fsp3) is 0.571. The van der Waals surface area contributed by atoms with Crippen LogP contribution in [0, 0.1) is 0 Å². The molecule has 3 N–H and O–H groups in total. The Bertz CT molecular complexity index is 455. The normalized spacial score (nSPS) is 18.1. The number of furan rings is 1. The molecule has 116 valence electrons. The van der Waals surface area contributed by atoms with Gasteiger partial charge in [-0.2, -0.15) is 0 Å². The van der Waals surface area contributed by atoms with E-state index in [1.54, 1.807) is 6.07 Å². The van der Waals surface area contributed by atoms with Gasteiger partial charge < -0.3 is 14.8 Å². The molecule has 2 rings (SSSR count). The highest BCUT2D eigenvalue weighted by atomic mass is 16.3. The van der Waals surface area contributed by atoms with Gasteiger partial charge in [-0.25, -0.2) is 0 Å². The molecule has 2 amide bonds. The lowest BCUT2D eigenvalue weighted by atomic mass is 10.2. The van der Waals surface area contributed by atoms with Gasteiger partial charge in [-0.3, -0.25) is 19.8 Å². The summed E-state index contributed by atoms with van der Waals surface area (Å²) in [6, 6.07) is 3.42. The highest BCUT2D eigenvalue weighted by molar-refractivity contribution is 6.03. The summed E-state index contributed by atoms with van der Waals surface area (Å²) in [5, 5.41) is 14.7. The Kier molecular flexibility index (Phi) is 5.91. The van der Waals surface area contributed by atoms with Gasteiger partial charge in [-0.1, -0.05) is 0 Å². The van der Waals surface area contributed by atoms with E-state index in [4.69, 9.17) is 9.52 Å². The Hall–Kier alpha value is -1.70. The van der Waals surface area contributed by atoms with E-state index in [0.29, 0.717) is 19.1 Å². The molecule has 0 bridgehead atoms.